The molecule has 0 aromatic heterocycles. The van der Waals surface area contributed by atoms with Gasteiger partial charge in [-0.15, -0.1) is 0 Å². The van der Waals surface area contributed by atoms with E-state index in [4.69, 9.17) is 33.0 Å². The van der Waals surface area contributed by atoms with E-state index in [0.29, 0.717) is 5.75 Å². The third-order valence-corrected chi connectivity index (χ3v) is 6.89. The molecule has 214 valence electrons. The number of aliphatic carboxylic acids is 1. The first kappa shape index (κ1) is 30.4. The molecule has 5 atom stereocenters. The van der Waals surface area contributed by atoms with Gasteiger partial charge in [0.15, 0.2) is 12.2 Å². The smallest absolute Gasteiger partial charge is 0.494 e. The molecular formula is C26H34BO12-. The zero-order valence-electron chi connectivity index (χ0n) is 23.1. The van der Waals surface area contributed by atoms with E-state index in [2.05, 4.69) is 0 Å². The van der Waals surface area contributed by atoms with E-state index < -0.39 is 79.1 Å². The van der Waals surface area contributed by atoms with Crippen LogP contribution in [0.1, 0.15) is 54.9 Å². The zero-order chi connectivity index (χ0) is 29.1. The fraction of sp³-hybridized carbons (Fsp3) is 0.615. The second-order valence-electron chi connectivity index (χ2n) is 10.5. The first-order valence-corrected chi connectivity index (χ1v) is 12.5. The number of ether oxygens (including phenoxy) is 5. The Labute approximate surface area is 227 Å². The lowest BCUT2D eigenvalue weighted by atomic mass is 9.79. The van der Waals surface area contributed by atoms with Crippen molar-refractivity contribution in [2.75, 3.05) is 6.61 Å². The maximum Gasteiger partial charge on any atom is 0.494 e. The Morgan fingerprint density at radius 1 is 0.872 bits per heavy atom. The Bertz CT molecular complexity index is 1050. The molecule has 1 aromatic carbocycles. The molecule has 2 fully saturated rings. The van der Waals surface area contributed by atoms with E-state index in [1.807, 2.05) is 27.7 Å². The monoisotopic (exact) mass is 549 g/mol. The lowest BCUT2D eigenvalue weighted by Gasteiger charge is -2.45. The zero-order valence-corrected chi connectivity index (χ0v) is 23.1. The Hall–Kier alpha value is -3.16. The summed E-state index contributed by atoms with van der Waals surface area (Å²) in [6.45, 7) is 10.8. The van der Waals surface area contributed by atoms with Crippen molar-refractivity contribution < 1.29 is 57.3 Å². The molecular weight excluding hydrogens is 515 g/mol. The van der Waals surface area contributed by atoms with Crippen LogP contribution in [0, 0.1) is 5.92 Å². The van der Waals surface area contributed by atoms with Gasteiger partial charge in [-0.1, -0.05) is 12.1 Å². The van der Waals surface area contributed by atoms with E-state index in [9.17, 15) is 24.3 Å². The van der Waals surface area contributed by atoms with Crippen molar-refractivity contribution in [2.45, 2.75) is 90.7 Å². The van der Waals surface area contributed by atoms with Crippen molar-refractivity contribution in [1.29, 1.82) is 0 Å². The maximum atomic E-state index is 12.0. The number of hydrogen-bond acceptors (Lipinski definition) is 12. The summed E-state index contributed by atoms with van der Waals surface area (Å²) < 4.78 is 39.9. The lowest BCUT2D eigenvalue weighted by Crippen LogP contribution is -2.60. The van der Waals surface area contributed by atoms with Gasteiger partial charge in [0.25, 0.3) is 0 Å². The quantitative estimate of drug-likeness (QED) is 0.236. The van der Waals surface area contributed by atoms with E-state index in [-0.39, 0.29) is 6.61 Å². The first-order valence-electron chi connectivity index (χ1n) is 12.5. The van der Waals surface area contributed by atoms with Crippen molar-refractivity contribution in [3.05, 3.63) is 24.3 Å². The molecule has 2 aliphatic rings. The Morgan fingerprint density at radius 3 is 1.90 bits per heavy atom. The summed E-state index contributed by atoms with van der Waals surface area (Å²) in [5, 5.41) is 11.7. The number of carbonyl (C=O) groups excluding carboxylic acids is 4. The maximum absolute atomic E-state index is 12.0. The van der Waals surface area contributed by atoms with Crippen molar-refractivity contribution in [2.24, 2.45) is 5.92 Å². The largest absolute Gasteiger partial charge is 0.550 e. The molecule has 0 amide bonds. The molecule has 2 aliphatic heterocycles. The second-order valence-corrected chi connectivity index (χ2v) is 10.5. The highest BCUT2D eigenvalue weighted by molar-refractivity contribution is 6.62. The van der Waals surface area contributed by atoms with Gasteiger partial charge in [0.05, 0.1) is 17.1 Å². The number of rotatable bonds is 9. The summed E-state index contributed by atoms with van der Waals surface area (Å²) in [7, 11) is -0.605. The predicted molar refractivity (Wildman–Crippen MR) is 132 cm³/mol. The number of hydrogen-bond donors (Lipinski definition) is 0. The SMILES string of the molecule is CC(=O)OC[C@H]1O[C@H](Oc2ccc(B3OC(C)(C)C(C)(C)O3)cc2)[C@@H](CC(=O)[O-])[C@H](OC(C)=O)[C@H]1OC(C)=O. The van der Waals surface area contributed by atoms with E-state index in [1.165, 1.54) is 6.92 Å². The van der Waals surface area contributed by atoms with Gasteiger partial charge < -0.3 is 42.9 Å². The van der Waals surface area contributed by atoms with Crippen LogP contribution >= 0.6 is 0 Å². The van der Waals surface area contributed by atoms with Crippen LogP contribution in [0.4, 0.5) is 0 Å². The average molecular weight is 549 g/mol. The van der Waals surface area contributed by atoms with Crippen molar-refractivity contribution >= 4 is 36.5 Å². The molecule has 0 bridgehead atoms. The molecule has 3 rings (SSSR count). The lowest BCUT2D eigenvalue weighted by molar-refractivity contribution is -0.316. The molecule has 13 heteroatoms. The summed E-state index contributed by atoms with van der Waals surface area (Å²) in [5.41, 5.74) is -0.318. The number of carboxylic acid groups (broad SMARTS) is 1. The molecule has 0 saturated carbocycles. The average Bonchev–Trinajstić information content (AvgIpc) is 3.02. The molecule has 0 N–H and O–H groups in total. The number of carboxylic acids is 1. The Morgan fingerprint density at radius 2 is 1.41 bits per heavy atom. The van der Waals surface area contributed by atoms with Gasteiger partial charge in [-0.05, 0) is 51.7 Å². The minimum Gasteiger partial charge on any atom is -0.550 e. The minimum atomic E-state index is -1.47. The summed E-state index contributed by atoms with van der Waals surface area (Å²) in [4.78, 5) is 46.9. The highest BCUT2D eigenvalue weighted by Crippen LogP contribution is 2.37. The van der Waals surface area contributed by atoms with Gasteiger partial charge in [0.1, 0.15) is 18.5 Å². The van der Waals surface area contributed by atoms with Crippen molar-refractivity contribution in [3.8, 4) is 5.75 Å². The third-order valence-electron chi connectivity index (χ3n) is 6.89. The van der Waals surface area contributed by atoms with Gasteiger partial charge >= 0.3 is 25.0 Å². The van der Waals surface area contributed by atoms with Crippen LogP contribution < -0.4 is 15.3 Å². The van der Waals surface area contributed by atoms with Crippen molar-refractivity contribution in [3.63, 3.8) is 0 Å². The van der Waals surface area contributed by atoms with Crippen LogP contribution in [-0.4, -0.2) is 73.4 Å². The van der Waals surface area contributed by atoms with Crippen LogP contribution in [0.2, 0.25) is 0 Å². The predicted octanol–water partition coefficient (Wildman–Crippen LogP) is 0.272. The molecule has 0 aliphatic carbocycles. The molecule has 12 nitrogen and oxygen atoms in total. The van der Waals surface area contributed by atoms with Crippen LogP contribution in [0.5, 0.6) is 5.75 Å². The molecule has 0 spiro atoms. The molecule has 2 heterocycles. The molecule has 0 unspecified atom stereocenters. The Balaban J connectivity index is 1.89. The summed E-state index contributed by atoms with van der Waals surface area (Å²) >= 11 is 0. The second kappa shape index (κ2) is 11.9. The number of benzene rings is 1. The highest BCUT2D eigenvalue weighted by Gasteiger charge is 2.53. The fourth-order valence-corrected chi connectivity index (χ4v) is 4.31. The molecule has 2 saturated heterocycles. The normalized spacial score (nSPS) is 27.4. The Kier molecular flexibility index (Phi) is 9.29. The number of esters is 3. The van der Waals surface area contributed by atoms with E-state index in [0.717, 1.165) is 19.3 Å². The van der Waals surface area contributed by atoms with E-state index in [1.54, 1.807) is 24.3 Å². The van der Waals surface area contributed by atoms with Crippen LogP contribution in [0.15, 0.2) is 24.3 Å². The van der Waals surface area contributed by atoms with Crippen molar-refractivity contribution in [1.82, 2.24) is 0 Å². The summed E-state index contributed by atoms with van der Waals surface area (Å²) in [5.74, 6) is -4.43. The minimum absolute atomic E-state index is 0.294. The highest BCUT2D eigenvalue weighted by atomic mass is 16.7. The first-order chi connectivity index (χ1) is 18.1. The molecule has 39 heavy (non-hydrogen) atoms. The molecule has 0 radical (unpaired) electrons. The van der Waals surface area contributed by atoms with Crippen LogP contribution in [0.3, 0.4) is 0 Å². The molecule has 1 aromatic rings. The summed E-state index contributed by atoms with van der Waals surface area (Å²) in [6, 6.07) is 6.71. The van der Waals surface area contributed by atoms with Crippen LogP contribution in [-0.2, 0) is 47.4 Å². The van der Waals surface area contributed by atoms with Gasteiger partial charge in [-0.2, -0.15) is 0 Å². The van der Waals surface area contributed by atoms with Gasteiger partial charge in [-0.25, -0.2) is 0 Å². The van der Waals surface area contributed by atoms with E-state index >= 15 is 0 Å². The standard InChI is InChI=1S/C26H35BO12/c1-14(28)33-13-20-23(35-16(3)30)22(34-15(2)29)19(12-21(31)32)24(37-20)36-18-10-8-17(9-11-18)27-38-25(4,5)26(6,7)39-27/h8-11,19-20,22-24H,12-13H2,1-7H3,(H,31,32)/p-1/t19-,20+,22-,23-,24-/m0/s1. The number of carbonyl (C=O) groups is 4. The fourth-order valence-electron chi connectivity index (χ4n) is 4.31. The van der Waals surface area contributed by atoms with Gasteiger partial charge in [-0.3, -0.25) is 14.4 Å². The topological polar surface area (TPSA) is 156 Å². The van der Waals surface area contributed by atoms with Gasteiger partial charge in [0, 0.05) is 26.7 Å². The third kappa shape index (κ3) is 7.49. The van der Waals surface area contributed by atoms with Gasteiger partial charge in [0.2, 0.25) is 6.29 Å². The summed E-state index contributed by atoms with van der Waals surface area (Å²) in [6.07, 6.45) is -5.66. The van der Waals surface area contributed by atoms with Crippen LogP contribution in [0.25, 0.3) is 0 Å².